The van der Waals surface area contributed by atoms with E-state index in [1.807, 2.05) is 26.0 Å². The van der Waals surface area contributed by atoms with Crippen molar-refractivity contribution in [3.05, 3.63) is 83.9 Å². The van der Waals surface area contributed by atoms with Crippen molar-refractivity contribution in [2.24, 2.45) is 5.92 Å². The molecule has 0 radical (unpaired) electrons. The maximum Gasteiger partial charge on any atom is 0.264 e. The van der Waals surface area contributed by atoms with E-state index in [1.54, 1.807) is 48.5 Å². The third kappa shape index (κ3) is 6.48. The molecule has 1 aliphatic heterocycles. The number of amides is 1. The quantitative estimate of drug-likeness (QED) is 0.402. The Kier molecular flexibility index (Phi) is 8.62. The fraction of sp³-hybridized carbons (Fsp3) is 0.367. The van der Waals surface area contributed by atoms with Gasteiger partial charge in [-0.05, 0) is 74.6 Å². The number of nitrogens with zero attached hydrogens (tertiary/aromatic N) is 2. The van der Waals surface area contributed by atoms with Crippen molar-refractivity contribution in [2.75, 3.05) is 35.9 Å². The van der Waals surface area contributed by atoms with Crippen molar-refractivity contribution < 1.29 is 17.9 Å². The largest absolute Gasteiger partial charge is 0.497 e. The van der Waals surface area contributed by atoms with Crippen LogP contribution in [-0.4, -0.2) is 41.1 Å². The van der Waals surface area contributed by atoms with Gasteiger partial charge in [0.2, 0.25) is 5.91 Å². The third-order valence-electron chi connectivity index (χ3n) is 7.03. The molecule has 4 rings (SSSR count). The molecular formula is C30H37N3O4S. The Morgan fingerprint density at radius 2 is 1.82 bits per heavy atom. The molecule has 3 aromatic carbocycles. The number of carbonyl (C=O) groups is 1. The molecule has 1 saturated heterocycles. The minimum absolute atomic E-state index is 0.120. The number of hydrogen-bond acceptors (Lipinski definition) is 5. The lowest BCUT2D eigenvalue weighted by molar-refractivity contribution is -0.120. The van der Waals surface area contributed by atoms with Crippen LogP contribution >= 0.6 is 0 Å². The molecule has 1 fully saturated rings. The van der Waals surface area contributed by atoms with Gasteiger partial charge in [-0.1, -0.05) is 42.8 Å². The Morgan fingerprint density at radius 1 is 1.11 bits per heavy atom. The number of ether oxygens (including phenoxy) is 1. The van der Waals surface area contributed by atoms with Crippen LogP contribution in [0.4, 0.5) is 11.4 Å². The highest BCUT2D eigenvalue weighted by atomic mass is 32.2. The van der Waals surface area contributed by atoms with E-state index in [-0.39, 0.29) is 17.5 Å². The summed E-state index contributed by atoms with van der Waals surface area (Å²) in [5.74, 6) is 0.791. The number of rotatable bonds is 9. The van der Waals surface area contributed by atoms with E-state index in [9.17, 15) is 13.2 Å². The van der Waals surface area contributed by atoms with E-state index in [0.717, 1.165) is 28.5 Å². The topological polar surface area (TPSA) is 79.0 Å². The van der Waals surface area contributed by atoms with Crippen molar-refractivity contribution in [1.29, 1.82) is 0 Å². The lowest BCUT2D eigenvalue weighted by atomic mass is 9.99. The number of carbonyl (C=O) groups excluding carboxylic acids is 1. The number of benzene rings is 3. The van der Waals surface area contributed by atoms with Gasteiger partial charge in [0, 0.05) is 24.8 Å². The monoisotopic (exact) mass is 535 g/mol. The Balaban J connectivity index is 1.51. The second kappa shape index (κ2) is 11.9. The molecule has 1 amide bonds. The van der Waals surface area contributed by atoms with Crippen LogP contribution in [0.1, 0.15) is 43.9 Å². The zero-order chi connectivity index (χ0) is 27.3. The summed E-state index contributed by atoms with van der Waals surface area (Å²) in [4.78, 5) is 15.7. The van der Waals surface area contributed by atoms with Crippen molar-refractivity contribution in [2.45, 2.75) is 44.6 Å². The van der Waals surface area contributed by atoms with Crippen LogP contribution in [0.2, 0.25) is 0 Å². The maximum atomic E-state index is 13.6. The molecule has 2 atom stereocenters. The van der Waals surface area contributed by atoms with Crippen molar-refractivity contribution in [3.8, 4) is 5.75 Å². The minimum Gasteiger partial charge on any atom is -0.497 e. The lowest BCUT2D eigenvalue weighted by Crippen LogP contribution is -2.41. The first-order valence-electron chi connectivity index (χ1n) is 13.0. The third-order valence-corrected chi connectivity index (χ3v) is 8.82. The van der Waals surface area contributed by atoms with Gasteiger partial charge in [0.05, 0.1) is 23.7 Å². The molecule has 38 heavy (non-hydrogen) atoms. The molecule has 0 spiro atoms. The highest BCUT2D eigenvalue weighted by Gasteiger charge is 2.28. The average Bonchev–Trinajstić information content (AvgIpc) is 2.92. The lowest BCUT2D eigenvalue weighted by Gasteiger charge is -2.33. The number of nitrogens with one attached hydrogen (secondary N) is 1. The fourth-order valence-electron chi connectivity index (χ4n) is 4.82. The number of piperidine rings is 1. The van der Waals surface area contributed by atoms with Gasteiger partial charge in [-0.3, -0.25) is 9.10 Å². The number of sulfonamides is 1. The second-order valence-corrected chi connectivity index (χ2v) is 12.0. The van der Waals surface area contributed by atoms with E-state index < -0.39 is 15.9 Å². The molecular weight excluding hydrogens is 498 g/mol. The zero-order valence-corrected chi connectivity index (χ0v) is 23.4. The van der Waals surface area contributed by atoms with Gasteiger partial charge in [0.25, 0.3) is 10.0 Å². The van der Waals surface area contributed by atoms with Gasteiger partial charge in [-0.25, -0.2) is 8.42 Å². The van der Waals surface area contributed by atoms with Gasteiger partial charge in [-0.2, -0.15) is 0 Å². The average molecular weight is 536 g/mol. The van der Waals surface area contributed by atoms with Crippen LogP contribution in [0.5, 0.6) is 5.75 Å². The first kappa shape index (κ1) is 27.5. The van der Waals surface area contributed by atoms with Gasteiger partial charge in [-0.15, -0.1) is 0 Å². The molecule has 0 bridgehead atoms. The molecule has 1 aliphatic rings. The van der Waals surface area contributed by atoms with Crippen molar-refractivity contribution in [3.63, 3.8) is 0 Å². The molecule has 0 aromatic heterocycles. The second-order valence-electron chi connectivity index (χ2n) is 10.1. The van der Waals surface area contributed by atoms with Gasteiger partial charge in [0.15, 0.2) is 0 Å². The Hall–Kier alpha value is -3.52. The molecule has 3 aromatic rings. The molecule has 0 saturated carbocycles. The van der Waals surface area contributed by atoms with Gasteiger partial charge >= 0.3 is 0 Å². The number of hydrogen-bond donors (Lipinski definition) is 1. The summed E-state index contributed by atoms with van der Waals surface area (Å²) in [6.45, 7) is 7.83. The number of aryl methyl sites for hydroxylation is 1. The van der Waals surface area contributed by atoms with Crippen LogP contribution in [0.15, 0.2) is 77.7 Å². The summed E-state index contributed by atoms with van der Waals surface area (Å²) in [7, 11) is -2.49. The Labute approximate surface area is 226 Å². The van der Waals surface area contributed by atoms with E-state index >= 15 is 0 Å². The van der Waals surface area contributed by atoms with Gasteiger partial charge < -0.3 is 15.0 Å². The molecule has 1 heterocycles. The summed E-state index contributed by atoms with van der Waals surface area (Å²) >= 11 is 0. The first-order chi connectivity index (χ1) is 18.2. The maximum absolute atomic E-state index is 13.6. The first-order valence-corrected chi connectivity index (χ1v) is 14.5. The van der Waals surface area contributed by atoms with Crippen LogP contribution in [0.25, 0.3) is 0 Å². The Bertz CT molecular complexity index is 1340. The predicted molar refractivity (Wildman–Crippen MR) is 152 cm³/mol. The summed E-state index contributed by atoms with van der Waals surface area (Å²) in [6, 6.07) is 21.3. The standard InChI is InChI=1S/C30H37N3O4S/c1-22-10-16-29(17-11-22)38(35,36)33(27-8-5-9-28(19-27)37-4)21-30(34)31-24(3)25-12-14-26(15-13-25)32-18-6-7-23(2)20-32/h5,8-17,19,23-24H,6-7,18,20-21H2,1-4H3,(H,31,34). The van der Waals surface area contributed by atoms with E-state index in [2.05, 4.69) is 29.3 Å². The predicted octanol–water partition coefficient (Wildman–Crippen LogP) is 5.31. The highest BCUT2D eigenvalue weighted by Crippen LogP contribution is 2.28. The molecule has 8 heteroatoms. The SMILES string of the molecule is COc1cccc(N(CC(=O)NC(C)c2ccc(N3CCCC(C)C3)cc2)S(=O)(=O)c2ccc(C)cc2)c1. The molecule has 2 unspecified atom stereocenters. The van der Waals surface area contributed by atoms with Crippen molar-refractivity contribution in [1.82, 2.24) is 5.32 Å². The fourth-order valence-corrected chi connectivity index (χ4v) is 6.23. The number of anilines is 2. The van der Waals surface area contributed by atoms with Crippen LogP contribution in [0.3, 0.4) is 0 Å². The zero-order valence-electron chi connectivity index (χ0n) is 22.6. The van der Waals surface area contributed by atoms with Crippen LogP contribution in [0, 0.1) is 12.8 Å². The highest BCUT2D eigenvalue weighted by molar-refractivity contribution is 7.92. The summed E-state index contributed by atoms with van der Waals surface area (Å²) in [5.41, 5.74) is 3.45. The van der Waals surface area contributed by atoms with Crippen LogP contribution < -0.4 is 19.3 Å². The molecule has 1 N–H and O–H groups in total. The number of methoxy groups -OCH3 is 1. The smallest absolute Gasteiger partial charge is 0.264 e. The molecule has 7 nitrogen and oxygen atoms in total. The van der Waals surface area contributed by atoms with Crippen molar-refractivity contribution >= 4 is 27.3 Å². The Morgan fingerprint density at radius 3 is 2.47 bits per heavy atom. The normalized spacial score (nSPS) is 16.5. The minimum atomic E-state index is -4.00. The van der Waals surface area contributed by atoms with Gasteiger partial charge in [0.1, 0.15) is 12.3 Å². The summed E-state index contributed by atoms with van der Waals surface area (Å²) in [5, 5.41) is 2.97. The van der Waals surface area contributed by atoms with E-state index in [0.29, 0.717) is 17.4 Å². The van der Waals surface area contributed by atoms with E-state index in [1.165, 1.54) is 25.6 Å². The van der Waals surface area contributed by atoms with Crippen LogP contribution in [-0.2, 0) is 14.8 Å². The molecule has 202 valence electrons. The van der Waals surface area contributed by atoms with E-state index in [4.69, 9.17) is 4.74 Å². The summed E-state index contributed by atoms with van der Waals surface area (Å²) in [6.07, 6.45) is 2.47. The molecule has 0 aliphatic carbocycles. The summed E-state index contributed by atoms with van der Waals surface area (Å²) < 4.78 is 33.7.